The van der Waals surface area contributed by atoms with Crippen molar-refractivity contribution in [1.82, 2.24) is 34.1 Å². The molecule has 1 atom stereocenters. The lowest BCUT2D eigenvalue weighted by molar-refractivity contribution is -0.135. The molecule has 2 saturated heterocycles. The number of nitriles is 1. The van der Waals surface area contributed by atoms with Crippen molar-refractivity contribution in [2.45, 2.75) is 76.3 Å². The van der Waals surface area contributed by atoms with Gasteiger partial charge in [0.2, 0.25) is 11.8 Å². The van der Waals surface area contributed by atoms with Crippen molar-refractivity contribution in [3.8, 4) is 11.8 Å². The molecule has 55 heavy (non-hydrogen) atoms. The minimum absolute atomic E-state index is 0.221. The average molecular weight is 744 g/mol. The van der Waals surface area contributed by atoms with Crippen LogP contribution in [0.2, 0.25) is 0 Å². The highest BCUT2D eigenvalue weighted by atomic mass is 16.5. The maximum Gasteiger partial charge on any atom is 0.329 e. The average Bonchev–Trinajstić information content (AvgIpc) is 3.72. The molecule has 5 aromatic rings. The summed E-state index contributed by atoms with van der Waals surface area (Å²) in [5.41, 5.74) is 5.72. The normalized spacial score (nSPS) is 21.1. The number of hydrogen-bond donors (Lipinski definition) is 2. The van der Waals surface area contributed by atoms with Crippen LogP contribution in [0.25, 0.3) is 21.9 Å². The summed E-state index contributed by atoms with van der Waals surface area (Å²) in [7, 11) is 3.35. The minimum atomic E-state index is -0.691. The standard InChI is InChI=1S/C41H45N9O5/c1-24-4-9-33-38(47(2)41(54)50(33)34-10-11-36(51)45-40(34)53)37(24)27-12-14-48(15-13-27)22-25-5-7-30(8-6-25)49-23-29-17-32(35(55-3)18-31(29)46-49)44-39(52)28-16-26(19-42)20-43-21-28/h4,9,16-18,20-21,23,25,27,30,34H,5-8,10-15,22H2,1-3H3,(H,44,52)(H,45,51,53)/t25-,30-,34?. The van der Waals surface area contributed by atoms with E-state index in [1.807, 2.05) is 24.3 Å². The molecule has 14 heteroatoms. The number of likely N-dealkylation sites (tertiary alicyclic amines) is 1. The van der Waals surface area contributed by atoms with Crippen LogP contribution in [0, 0.1) is 24.2 Å². The molecule has 3 aromatic heterocycles. The molecule has 3 fully saturated rings. The molecule has 1 saturated carbocycles. The Labute approximate surface area is 318 Å². The van der Waals surface area contributed by atoms with Gasteiger partial charge in [-0.25, -0.2) is 4.79 Å². The first-order chi connectivity index (χ1) is 26.6. The molecule has 3 aliphatic rings. The zero-order chi connectivity index (χ0) is 38.4. The molecule has 5 heterocycles. The Morgan fingerprint density at radius 1 is 1.04 bits per heavy atom. The molecule has 1 aliphatic carbocycles. The van der Waals surface area contributed by atoms with Crippen molar-refractivity contribution in [3.63, 3.8) is 0 Å². The lowest BCUT2D eigenvalue weighted by atomic mass is 9.83. The van der Waals surface area contributed by atoms with Crippen LogP contribution in [-0.2, 0) is 16.6 Å². The van der Waals surface area contributed by atoms with Gasteiger partial charge in [0, 0.05) is 50.1 Å². The second-order valence-electron chi connectivity index (χ2n) is 15.3. The number of nitrogens with zero attached hydrogens (tertiary/aromatic N) is 7. The maximum absolute atomic E-state index is 13.5. The number of rotatable bonds is 8. The van der Waals surface area contributed by atoms with Crippen molar-refractivity contribution in [3.05, 3.63) is 81.7 Å². The number of carbonyl (C=O) groups excluding carboxylic acids is 3. The van der Waals surface area contributed by atoms with Crippen molar-refractivity contribution >= 4 is 45.3 Å². The predicted octanol–water partition coefficient (Wildman–Crippen LogP) is 5.11. The highest BCUT2D eigenvalue weighted by molar-refractivity contribution is 6.06. The number of imide groups is 1. The molecule has 2 N–H and O–H groups in total. The number of imidazole rings is 1. The summed E-state index contributed by atoms with van der Waals surface area (Å²) < 4.78 is 10.9. The molecular weight excluding hydrogens is 699 g/mol. The first-order valence-corrected chi connectivity index (χ1v) is 19.1. The van der Waals surface area contributed by atoms with E-state index in [0.717, 1.165) is 85.7 Å². The lowest BCUT2D eigenvalue weighted by Gasteiger charge is -2.37. The van der Waals surface area contributed by atoms with E-state index in [1.54, 1.807) is 23.3 Å². The van der Waals surface area contributed by atoms with Crippen molar-refractivity contribution in [1.29, 1.82) is 5.26 Å². The van der Waals surface area contributed by atoms with E-state index in [4.69, 9.17) is 9.84 Å². The van der Waals surface area contributed by atoms with Crippen LogP contribution in [-0.4, -0.2) is 73.3 Å². The number of fused-ring (bicyclic) bond motifs is 2. The molecule has 8 rings (SSSR count). The number of carbonyl (C=O) groups is 3. The van der Waals surface area contributed by atoms with Gasteiger partial charge in [-0.2, -0.15) is 10.4 Å². The Morgan fingerprint density at radius 2 is 1.82 bits per heavy atom. The lowest BCUT2D eigenvalue weighted by Crippen LogP contribution is -2.44. The molecule has 2 aliphatic heterocycles. The highest BCUT2D eigenvalue weighted by Gasteiger charge is 2.34. The van der Waals surface area contributed by atoms with Gasteiger partial charge in [0.25, 0.3) is 5.91 Å². The molecule has 0 spiro atoms. The van der Waals surface area contributed by atoms with Crippen LogP contribution >= 0.6 is 0 Å². The fraction of sp³-hybridized carbons (Fsp3) is 0.439. The van der Waals surface area contributed by atoms with E-state index < -0.39 is 11.9 Å². The molecule has 3 amide bonds. The monoisotopic (exact) mass is 743 g/mol. The van der Waals surface area contributed by atoms with E-state index in [9.17, 15) is 24.4 Å². The Balaban J connectivity index is 0.891. The van der Waals surface area contributed by atoms with Gasteiger partial charge in [-0.15, -0.1) is 0 Å². The number of ether oxygens (including phenoxy) is 1. The van der Waals surface area contributed by atoms with Crippen LogP contribution in [0.15, 0.2) is 53.7 Å². The third-order valence-electron chi connectivity index (χ3n) is 11.9. The van der Waals surface area contributed by atoms with Crippen molar-refractivity contribution < 1.29 is 19.1 Å². The SMILES string of the molecule is COc1cc2nn([C@H]3CC[C@H](CN4CCC(c5c(C)ccc6c5n(C)c(=O)n6C5CCC(=O)NC5=O)CC4)CC3)cc2cc1NC(=O)c1cncc(C#N)c1. The van der Waals surface area contributed by atoms with Crippen molar-refractivity contribution in [2.75, 3.05) is 32.1 Å². The second-order valence-corrected chi connectivity index (χ2v) is 15.3. The largest absolute Gasteiger partial charge is 0.494 e. The molecule has 2 aromatic carbocycles. The Bertz CT molecular complexity index is 2420. The first kappa shape index (κ1) is 36.2. The fourth-order valence-corrected chi connectivity index (χ4v) is 9.06. The molecule has 284 valence electrons. The summed E-state index contributed by atoms with van der Waals surface area (Å²) in [6, 6.07) is 10.9. The number of piperidine rings is 2. The van der Waals surface area contributed by atoms with Gasteiger partial charge in [0.15, 0.2) is 0 Å². The Kier molecular flexibility index (Phi) is 9.73. The number of pyridine rings is 1. The van der Waals surface area contributed by atoms with E-state index in [-0.39, 0.29) is 29.5 Å². The predicted molar refractivity (Wildman–Crippen MR) is 206 cm³/mol. The molecule has 0 bridgehead atoms. The van der Waals surface area contributed by atoms with E-state index in [2.05, 4.69) is 44.4 Å². The van der Waals surface area contributed by atoms with Crippen LogP contribution < -0.4 is 21.1 Å². The summed E-state index contributed by atoms with van der Waals surface area (Å²) >= 11 is 0. The Hall–Kier alpha value is -5.81. The van der Waals surface area contributed by atoms with Crippen LogP contribution in [0.4, 0.5) is 5.69 Å². The van der Waals surface area contributed by atoms with Gasteiger partial charge in [-0.3, -0.25) is 38.5 Å². The van der Waals surface area contributed by atoms with Gasteiger partial charge >= 0.3 is 5.69 Å². The Morgan fingerprint density at radius 3 is 2.55 bits per heavy atom. The second kappa shape index (κ2) is 14.8. The van der Waals surface area contributed by atoms with Gasteiger partial charge in [-0.1, -0.05) is 6.07 Å². The summed E-state index contributed by atoms with van der Waals surface area (Å²) in [6.45, 7) is 5.17. The number of amides is 3. The number of hydrogen-bond acceptors (Lipinski definition) is 9. The zero-order valence-corrected chi connectivity index (χ0v) is 31.4. The van der Waals surface area contributed by atoms with Crippen LogP contribution in [0.1, 0.15) is 96.4 Å². The van der Waals surface area contributed by atoms with E-state index in [0.29, 0.717) is 41.3 Å². The number of methoxy groups -OCH3 is 1. The quantitative estimate of drug-likeness (QED) is 0.205. The summed E-state index contributed by atoms with van der Waals surface area (Å²) in [5, 5.41) is 20.3. The molecular formula is C41H45N9O5. The van der Waals surface area contributed by atoms with E-state index >= 15 is 0 Å². The number of nitrogens with one attached hydrogen (secondary N) is 2. The third kappa shape index (κ3) is 6.89. The summed E-state index contributed by atoms with van der Waals surface area (Å²) in [4.78, 5) is 57.7. The maximum atomic E-state index is 13.5. The minimum Gasteiger partial charge on any atom is -0.494 e. The van der Waals surface area contributed by atoms with Gasteiger partial charge < -0.3 is 15.0 Å². The summed E-state index contributed by atoms with van der Waals surface area (Å²) in [6.07, 6.45) is 11.8. The fourth-order valence-electron chi connectivity index (χ4n) is 9.06. The van der Waals surface area contributed by atoms with E-state index in [1.165, 1.54) is 24.0 Å². The number of anilines is 1. The smallest absolute Gasteiger partial charge is 0.329 e. The summed E-state index contributed by atoms with van der Waals surface area (Å²) in [5.74, 6) is 0.348. The third-order valence-corrected chi connectivity index (χ3v) is 11.9. The van der Waals surface area contributed by atoms with Crippen LogP contribution in [0.5, 0.6) is 5.75 Å². The molecule has 1 unspecified atom stereocenters. The van der Waals surface area contributed by atoms with Gasteiger partial charge in [0.05, 0.1) is 46.5 Å². The topological polar surface area (TPSA) is 169 Å². The molecule has 14 nitrogen and oxygen atoms in total. The van der Waals surface area contributed by atoms with Gasteiger partial charge in [-0.05, 0) is 106 Å². The van der Waals surface area contributed by atoms with Gasteiger partial charge in [0.1, 0.15) is 17.9 Å². The van der Waals surface area contributed by atoms with Crippen molar-refractivity contribution in [2.24, 2.45) is 13.0 Å². The number of aryl methyl sites for hydroxylation is 2. The van der Waals surface area contributed by atoms with Crippen LogP contribution in [0.3, 0.4) is 0 Å². The number of benzene rings is 2. The molecule has 0 radical (unpaired) electrons. The number of aromatic nitrogens is 5. The highest BCUT2D eigenvalue weighted by Crippen LogP contribution is 2.39. The first-order valence-electron chi connectivity index (χ1n) is 19.1. The zero-order valence-electron chi connectivity index (χ0n) is 31.4.